The first-order valence-electron chi connectivity index (χ1n) is 8.33. The molecule has 26 heavy (non-hydrogen) atoms. The van der Waals surface area contributed by atoms with Crippen LogP contribution in [0, 0.1) is 0 Å². The zero-order chi connectivity index (χ0) is 18.9. The number of carboxylic acids is 1. The minimum Gasteiger partial charge on any atom is -0.480 e. The third-order valence-electron chi connectivity index (χ3n) is 3.96. The van der Waals surface area contributed by atoms with Crippen molar-refractivity contribution in [1.29, 1.82) is 0 Å². The summed E-state index contributed by atoms with van der Waals surface area (Å²) in [5, 5.41) is 10.2. The van der Waals surface area contributed by atoms with Crippen LogP contribution in [-0.4, -0.2) is 56.3 Å². The van der Waals surface area contributed by atoms with Gasteiger partial charge in [0.05, 0.1) is 17.4 Å². The van der Waals surface area contributed by atoms with E-state index in [1.54, 1.807) is 20.8 Å². The first-order valence-corrected chi connectivity index (χ1v) is 8.33. The van der Waals surface area contributed by atoms with E-state index >= 15 is 0 Å². The van der Waals surface area contributed by atoms with Crippen LogP contribution in [0.15, 0.2) is 30.6 Å². The molecule has 1 aromatic heterocycles. The zero-order valence-electron chi connectivity index (χ0n) is 14.9. The molecule has 0 radical (unpaired) electrons. The quantitative estimate of drug-likeness (QED) is 0.898. The van der Waals surface area contributed by atoms with Crippen molar-refractivity contribution in [2.75, 3.05) is 6.54 Å². The summed E-state index contributed by atoms with van der Waals surface area (Å²) < 4.78 is 11.2. The topological polar surface area (TPSA) is 102 Å². The predicted molar refractivity (Wildman–Crippen MR) is 92.9 cm³/mol. The fourth-order valence-corrected chi connectivity index (χ4v) is 2.87. The van der Waals surface area contributed by atoms with Gasteiger partial charge in [0.1, 0.15) is 24.1 Å². The number of rotatable bonds is 3. The van der Waals surface area contributed by atoms with Crippen LogP contribution in [0.1, 0.15) is 27.2 Å². The monoisotopic (exact) mass is 359 g/mol. The SMILES string of the molecule is CC(C)(C)OC(=O)N1C[C@H](Oc2ncnc3ccccc23)C[C@H]1C(=O)O. The van der Waals surface area contributed by atoms with Crippen LogP contribution in [0.2, 0.25) is 0 Å². The van der Waals surface area contributed by atoms with E-state index in [0.717, 1.165) is 10.9 Å². The second-order valence-electron chi connectivity index (χ2n) is 7.16. The molecule has 1 amide bonds. The van der Waals surface area contributed by atoms with Crippen molar-refractivity contribution >= 4 is 23.0 Å². The highest BCUT2D eigenvalue weighted by molar-refractivity contribution is 5.83. The molecule has 2 heterocycles. The van der Waals surface area contributed by atoms with Crippen LogP contribution in [0.4, 0.5) is 4.79 Å². The summed E-state index contributed by atoms with van der Waals surface area (Å²) in [5.74, 6) is -0.717. The summed E-state index contributed by atoms with van der Waals surface area (Å²) in [4.78, 5) is 33.4. The number of carbonyl (C=O) groups excluding carboxylic acids is 1. The second-order valence-corrected chi connectivity index (χ2v) is 7.16. The lowest BCUT2D eigenvalue weighted by molar-refractivity contribution is -0.142. The molecule has 0 spiro atoms. The average molecular weight is 359 g/mol. The van der Waals surface area contributed by atoms with Gasteiger partial charge in [0.25, 0.3) is 0 Å². The largest absolute Gasteiger partial charge is 0.480 e. The van der Waals surface area contributed by atoms with Gasteiger partial charge in [-0.3, -0.25) is 4.90 Å². The lowest BCUT2D eigenvalue weighted by atomic mass is 10.2. The maximum atomic E-state index is 12.3. The number of ether oxygens (including phenoxy) is 2. The number of hydrogen-bond donors (Lipinski definition) is 1. The molecule has 2 aromatic rings. The highest BCUT2D eigenvalue weighted by atomic mass is 16.6. The Hall–Kier alpha value is -2.90. The van der Waals surface area contributed by atoms with Crippen molar-refractivity contribution in [3.8, 4) is 5.88 Å². The van der Waals surface area contributed by atoms with Crippen LogP contribution in [0.3, 0.4) is 0 Å². The number of fused-ring (bicyclic) bond motifs is 1. The van der Waals surface area contributed by atoms with Crippen LogP contribution in [-0.2, 0) is 9.53 Å². The standard InChI is InChI=1S/C18H21N3O5/c1-18(2,3)26-17(24)21-9-11(8-14(21)16(22)23)25-15-12-6-4-5-7-13(12)19-10-20-15/h4-7,10-11,14H,8-9H2,1-3H3,(H,22,23)/t11-,14+/m1/s1. The Kier molecular flexibility index (Phi) is 4.67. The fraction of sp³-hybridized carbons (Fsp3) is 0.444. The van der Waals surface area contributed by atoms with Gasteiger partial charge in [-0.15, -0.1) is 0 Å². The van der Waals surface area contributed by atoms with Gasteiger partial charge in [0.2, 0.25) is 5.88 Å². The second kappa shape index (κ2) is 6.78. The molecule has 8 nitrogen and oxygen atoms in total. The highest BCUT2D eigenvalue weighted by Gasteiger charge is 2.42. The van der Waals surface area contributed by atoms with Crippen molar-refractivity contribution in [3.63, 3.8) is 0 Å². The Morgan fingerprint density at radius 2 is 1.96 bits per heavy atom. The molecule has 1 saturated heterocycles. The van der Waals surface area contributed by atoms with E-state index < -0.39 is 29.8 Å². The van der Waals surface area contributed by atoms with Crippen molar-refractivity contribution < 1.29 is 24.2 Å². The number of aliphatic carboxylic acids is 1. The molecule has 1 aromatic carbocycles. The Labute approximate surface area is 150 Å². The number of carboxylic acid groups (broad SMARTS) is 1. The molecule has 0 bridgehead atoms. The van der Waals surface area contributed by atoms with E-state index in [-0.39, 0.29) is 13.0 Å². The third-order valence-corrected chi connectivity index (χ3v) is 3.96. The minimum atomic E-state index is -1.09. The van der Waals surface area contributed by atoms with Gasteiger partial charge in [0.15, 0.2) is 0 Å². The molecule has 0 aliphatic carbocycles. The fourth-order valence-electron chi connectivity index (χ4n) is 2.87. The molecule has 8 heteroatoms. The molecule has 2 atom stereocenters. The van der Waals surface area contributed by atoms with Gasteiger partial charge in [-0.1, -0.05) is 12.1 Å². The van der Waals surface area contributed by atoms with E-state index in [4.69, 9.17) is 9.47 Å². The van der Waals surface area contributed by atoms with Crippen molar-refractivity contribution in [2.24, 2.45) is 0 Å². The molecular weight excluding hydrogens is 338 g/mol. The molecule has 1 N–H and O–H groups in total. The van der Waals surface area contributed by atoms with Gasteiger partial charge < -0.3 is 14.6 Å². The van der Waals surface area contributed by atoms with E-state index in [9.17, 15) is 14.7 Å². The molecule has 1 fully saturated rings. The smallest absolute Gasteiger partial charge is 0.411 e. The molecule has 0 saturated carbocycles. The van der Waals surface area contributed by atoms with Gasteiger partial charge >= 0.3 is 12.1 Å². The first-order chi connectivity index (χ1) is 12.2. The van der Waals surface area contributed by atoms with E-state index in [1.807, 2.05) is 24.3 Å². The average Bonchev–Trinajstić information content (AvgIpc) is 2.98. The van der Waals surface area contributed by atoms with Crippen molar-refractivity contribution in [2.45, 2.75) is 44.9 Å². The molecule has 0 unspecified atom stereocenters. The number of para-hydroxylation sites is 1. The Bertz CT molecular complexity index is 828. The normalized spacial score (nSPS) is 20.2. The lowest BCUT2D eigenvalue weighted by Crippen LogP contribution is -2.43. The van der Waals surface area contributed by atoms with Gasteiger partial charge in [-0.2, -0.15) is 0 Å². The predicted octanol–water partition coefficient (Wildman–Crippen LogP) is 2.47. The van der Waals surface area contributed by atoms with Gasteiger partial charge in [-0.05, 0) is 32.9 Å². The number of likely N-dealkylation sites (tertiary alicyclic amines) is 1. The van der Waals surface area contributed by atoms with E-state index in [2.05, 4.69) is 9.97 Å². The summed E-state index contributed by atoms with van der Waals surface area (Å²) >= 11 is 0. The summed E-state index contributed by atoms with van der Waals surface area (Å²) in [5.41, 5.74) is 0.0244. The number of amides is 1. The molecule has 138 valence electrons. The van der Waals surface area contributed by atoms with Crippen LogP contribution < -0.4 is 4.74 Å². The molecule has 1 aliphatic rings. The molecule has 1 aliphatic heterocycles. The first kappa shape index (κ1) is 17.9. The van der Waals surface area contributed by atoms with Crippen LogP contribution >= 0.6 is 0 Å². The number of carbonyl (C=O) groups is 2. The highest BCUT2D eigenvalue weighted by Crippen LogP contribution is 2.27. The summed E-state index contributed by atoms with van der Waals surface area (Å²) in [6.07, 6.45) is 0.394. The van der Waals surface area contributed by atoms with Crippen molar-refractivity contribution in [3.05, 3.63) is 30.6 Å². The van der Waals surface area contributed by atoms with E-state index in [1.165, 1.54) is 11.2 Å². The molecular formula is C18H21N3O5. The minimum absolute atomic E-state index is 0.115. The van der Waals surface area contributed by atoms with Crippen LogP contribution in [0.5, 0.6) is 5.88 Å². The van der Waals surface area contributed by atoms with Crippen LogP contribution in [0.25, 0.3) is 10.9 Å². The number of hydrogen-bond acceptors (Lipinski definition) is 6. The Morgan fingerprint density at radius 1 is 1.23 bits per heavy atom. The van der Waals surface area contributed by atoms with Gasteiger partial charge in [-0.25, -0.2) is 19.6 Å². The third kappa shape index (κ3) is 3.84. The summed E-state index contributed by atoms with van der Waals surface area (Å²) in [6.45, 7) is 5.32. The number of benzene rings is 1. The lowest BCUT2D eigenvalue weighted by Gasteiger charge is -2.26. The maximum absolute atomic E-state index is 12.3. The van der Waals surface area contributed by atoms with Crippen molar-refractivity contribution in [1.82, 2.24) is 14.9 Å². The van der Waals surface area contributed by atoms with Gasteiger partial charge in [0, 0.05) is 6.42 Å². The van der Waals surface area contributed by atoms with E-state index in [0.29, 0.717) is 5.88 Å². The molecule has 3 rings (SSSR count). The zero-order valence-corrected chi connectivity index (χ0v) is 14.9. The number of aromatic nitrogens is 2. The Morgan fingerprint density at radius 3 is 2.65 bits per heavy atom. The Balaban J connectivity index is 1.79. The summed E-state index contributed by atoms with van der Waals surface area (Å²) in [7, 11) is 0. The number of nitrogens with zero attached hydrogens (tertiary/aromatic N) is 3. The summed E-state index contributed by atoms with van der Waals surface area (Å²) in [6, 6.07) is 6.38. The maximum Gasteiger partial charge on any atom is 0.411 e.